The smallest absolute Gasteiger partial charge is 0.240 e. The van der Waals surface area contributed by atoms with Crippen LogP contribution in [0.15, 0.2) is 24.3 Å². The quantitative estimate of drug-likeness (QED) is 0.757. The Kier molecular flexibility index (Phi) is 4.53. The van der Waals surface area contributed by atoms with Crippen molar-refractivity contribution < 1.29 is 9.59 Å². The highest BCUT2D eigenvalue weighted by Gasteiger charge is 2.58. The monoisotopic (exact) mass is 419 g/mol. The van der Waals surface area contributed by atoms with Crippen LogP contribution < -0.4 is 5.43 Å². The molecule has 0 bridgehead atoms. The van der Waals surface area contributed by atoms with Gasteiger partial charge in [0.05, 0.1) is 0 Å². The molecule has 1 aromatic heterocycles. The fourth-order valence-electron chi connectivity index (χ4n) is 7.86. The number of benzene rings is 1. The van der Waals surface area contributed by atoms with Gasteiger partial charge in [-0.05, 0) is 62.3 Å². The van der Waals surface area contributed by atoms with E-state index in [1.54, 1.807) is 5.01 Å². The van der Waals surface area contributed by atoms with Crippen LogP contribution in [0.25, 0.3) is 10.9 Å². The number of hydrazine groups is 1. The average molecular weight is 420 g/mol. The van der Waals surface area contributed by atoms with Gasteiger partial charge >= 0.3 is 0 Å². The molecule has 1 saturated heterocycles. The molecule has 6 atom stereocenters. The summed E-state index contributed by atoms with van der Waals surface area (Å²) in [5.41, 5.74) is 6.43. The standard InChI is InChI=1S/C26H33N3O2/c1-15-23(19-10-5-6-13-21(19)28(15)2)22(30)14-29-26(31)20-12-7-11-17-16-8-3-4-9-18(16)25(27-29)24(17)20/h5-6,10,13,16-18,20,24-25,27H,3-4,7-9,11-12,14H2,1-2H3. The second kappa shape index (κ2) is 7.19. The topological polar surface area (TPSA) is 54.3 Å². The van der Waals surface area contributed by atoms with Crippen molar-refractivity contribution in [3.8, 4) is 0 Å². The number of carbonyl (C=O) groups is 2. The van der Waals surface area contributed by atoms with Crippen molar-refractivity contribution in [3.05, 3.63) is 35.5 Å². The highest BCUT2D eigenvalue weighted by molar-refractivity contribution is 6.11. The molecule has 164 valence electrons. The maximum absolute atomic E-state index is 13.5. The Morgan fingerprint density at radius 2 is 1.77 bits per heavy atom. The maximum atomic E-state index is 13.5. The van der Waals surface area contributed by atoms with E-state index in [1.807, 2.05) is 32.2 Å². The van der Waals surface area contributed by atoms with Gasteiger partial charge in [0.2, 0.25) is 5.91 Å². The fraction of sp³-hybridized carbons (Fsp3) is 0.615. The normalized spacial score (nSPS) is 34.6. The van der Waals surface area contributed by atoms with Crippen molar-refractivity contribution in [2.24, 2.45) is 36.6 Å². The molecule has 4 fully saturated rings. The largest absolute Gasteiger partial charge is 0.347 e. The Labute approximate surface area is 184 Å². The summed E-state index contributed by atoms with van der Waals surface area (Å²) in [7, 11) is 2.01. The molecule has 6 unspecified atom stereocenters. The van der Waals surface area contributed by atoms with Gasteiger partial charge in [-0.25, -0.2) is 5.43 Å². The van der Waals surface area contributed by atoms with E-state index in [4.69, 9.17) is 0 Å². The van der Waals surface area contributed by atoms with Crippen LogP contribution in [-0.2, 0) is 11.8 Å². The summed E-state index contributed by atoms with van der Waals surface area (Å²) < 4.78 is 2.08. The van der Waals surface area contributed by atoms with Gasteiger partial charge in [-0.1, -0.05) is 37.5 Å². The van der Waals surface area contributed by atoms with Crippen LogP contribution in [0.5, 0.6) is 0 Å². The first kappa shape index (κ1) is 19.5. The van der Waals surface area contributed by atoms with Crippen LogP contribution >= 0.6 is 0 Å². The highest BCUT2D eigenvalue weighted by Crippen LogP contribution is 2.57. The molecule has 0 spiro atoms. The maximum Gasteiger partial charge on any atom is 0.240 e. The summed E-state index contributed by atoms with van der Waals surface area (Å²) in [4.78, 5) is 27.0. The molecule has 1 aliphatic heterocycles. The number of ketones is 1. The Morgan fingerprint density at radius 3 is 2.61 bits per heavy atom. The number of aryl methyl sites for hydroxylation is 1. The van der Waals surface area contributed by atoms with Gasteiger partial charge in [0.15, 0.2) is 5.78 Å². The second-order valence-corrected chi connectivity index (χ2v) is 10.4. The number of rotatable bonds is 3. The van der Waals surface area contributed by atoms with E-state index in [1.165, 1.54) is 32.1 Å². The highest BCUT2D eigenvalue weighted by atomic mass is 16.2. The molecule has 4 aliphatic rings. The lowest BCUT2D eigenvalue weighted by Gasteiger charge is -2.46. The van der Waals surface area contributed by atoms with Crippen molar-refractivity contribution in [1.29, 1.82) is 0 Å². The van der Waals surface area contributed by atoms with Crippen molar-refractivity contribution in [1.82, 2.24) is 15.0 Å². The van der Waals surface area contributed by atoms with Gasteiger partial charge in [0.25, 0.3) is 0 Å². The van der Waals surface area contributed by atoms with Gasteiger partial charge in [-0.3, -0.25) is 14.6 Å². The van der Waals surface area contributed by atoms with Crippen molar-refractivity contribution >= 4 is 22.6 Å². The van der Waals surface area contributed by atoms with Crippen LogP contribution in [0, 0.1) is 36.5 Å². The van der Waals surface area contributed by atoms with Gasteiger partial charge in [0, 0.05) is 41.2 Å². The molecule has 31 heavy (non-hydrogen) atoms. The summed E-state index contributed by atoms with van der Waals surface area (Å²) in [6, 6.07) is 8.44. The molecular formula is C26H33N3O2. The van der Waals surface area contributed by atoms with Gasteiger partial charge < -0.3 is 4.57 Å². The predicted octanol–water partition coefficient (Wildman–Crippen LogP) is 4.24. The van der Waals surface area contributed by atoms with Crippen molar-refractivity contribution in [2.75, 3.05) is 6.54 Å². The number of aromatic nitrogens is 1. The van der Waals surface area contributed by atoms with Gasteiger partial charge in [-0.15, -0.1) is 0 Å². The van der Waals surface area contributed by atoms with Crippen LogP contribution in [0.1, 0.15) is 61.0 Å². The molecule has 1 amide bonds. The Morgan fingerprint density at radius 1 is 1.03 bits per heavy atom. The van der Waals surface area contributed by atoms with E-state index in [0.717, 1.165) is 40.9 Å². The van der Waals surface area contributed by atoms with E-state index in [2.05, 4.69) is 16.1 Å². The van der Waals surface area contributed by atoms with Crippen LogP contribution in [0.3, 0.4) is 0 Å². The SMILES string of the molecule is Cc1c(C(=O)CN2NC3C4CCCCC4C4CCCC(C2=O)C43)c2ccccc2n1C. The minimum atomic E-state index is 0.0409. The number of hydrogen-bond acceptors (Lipinski definition) is 3. The second-order valence-electron chi connectivity index (χ2n) is 10.4. The van der Waals surface area contributed by atoms with Crippen LogP contribution in [0.2, 0.25) is 0 Å². The molecule has 1 N–H and O–H groups in total. The first-order valence-electron chi connectivity index (χ1n) is 12.2. The zero-order valence-corrected chi connectivity index (χ0v) is 18.6. The molecule has 5 heteroatoms. The number of carbonyl (C=O) groups excluding carboxylic acids is 2. The summed E-state index contributed by atoms with van der Waals surface area (Å²) in [5, 5.41) is 2.70. The number of para-hydroxylation sites is 1. The number of nitrogens with zero attached hydrogens (tertiary/aromatic N) is 2. The lowest BCUT2D eigenvalue weighted by molar-refractivity contribution is -0.150. The third-order valence-corrected chi connectivity index (χ3v) is 9.18. The first-order valence-corrected chi connectivity index (χ1v) is 12.2. The van der Waals surface area contributed by atoms with E-state index in [9.17, 15) is 9.59 Å². The number of nitrogens with one attached hydrogen (secondary N) is 1. The Hall–Kier alpha value is -2.14. The third-order valence-electron chi connectivity index (χ3n) is 9.18. The predicted molar refractivity (Wildman–Crippen MR) is 120 cm³/mol. The minimum Gasteiger partial charge on any atom is -0.347 e. The lowest BCUT2D eigenvalue weighted by Crippen LogP contribution is -2.63. The van der Waals surface area contributed by atoms with E-state index < -0.39 is 0 Å². The Balaban J connectivity index is 1.31. The first-order chi connectivity index (χ1) is 15.1. The van der Waals surface area contributed by atoms with Crippen LogP contribution in [-0.4, -0.2) is 33.9 Å². The summed E-state index contributed by atoms with van der Waals surface area (Å²) in [5.74, 6) is 2.97. The zero-order chi connectivity index (χ0) is 21.3. The average Bonchev–Trinajstić information content (AvgIpc) is 3.25. The molecule has 5 nitrogen and oxygen atoms in total. The summed E-state index contributed by atoms with van der Waals surface area (Å²) in [6.07, 6.45) is 8.72. The molecule has 3 saturated carbocycles. The number of hydrogen-bond donors (Lipinski definition) is 1. The van der Waals surface area contributed by atoms with E-state index in [-0.39, 0.29) is 24.2 Å². The van der Waals surface area contributed by atoms with Crippen LogP contribution in [0.4, 0.5) is 0 Å². The van der Waals surface area contributed by atoms with Crippen molar-refractivity contribution in [2.45, 2.75) is 57.9 Å². The molecule has 0 radical (unpaired) electrons. The third kappa shape index (κ3) is 2.78. The molecule has 2 heterocycles. The molecule has 1 aromatic carbocycles. The van der Waals surface area contributed by atoms with Gasteiger partial charge in [0.1, 0.15) is 6.54 Å². The van der Waals surface area contributed by atoms with E-state index >= 15 is 0 Å². The molecular weight excluding hydrogens is 386 g/mol. The van der Waals surface area contributed by atoms with E-state index in [0.29, 0.717) is 23.8 Å². The summed E-state index contributed by atoms with van der Waals surface area (Å²) in [6.45, 7) is 2.14. The molecule has 2 aromatic rings. The number of amides is 1. The molecule has 6 rings (SSSR count). The number of fused-ring (bicyclic) bond motifs is 4. The summed E-state index contributed by atoms with van der Waals surface area (Å²) >= 11 is 0. The minimum absolute atomic E-state index is 0.0409. The Bertz CT molecular complexity index is 1060. The van der Waals surface area contributed by atoms with Gasteiger partial charge in [-0.2, -0.15) is 0 Å². The number of Topliss-reactive ketones (excluding diaryl/α,β-unsaturated/α-hetero) is 1. The van der Waals surface area contributed by atoms with Crippen molar-refractivity contribution in [3.63, 3.8) is 0 Å². The zero-order valence-electron chi connectivity index (χ0n) is 18.6. The lowest BCUT2D eigenvalue weighted by atomic mass is 9.68. The molecule has 3 aliphatic carbocycles. The fourth-order valence-corrected chi connectivity index (χ4v) is 7.86.